The van der Waals surface area contributed by atoms with Gasteiger partial charge in [0.25, 0.3) is 11.8 Å². The number of hydrazone groups is 1. The van der Waals surface area contributed by atoms with Crippen LogP contribution >= 0.6 is 15.9 Å². The van der Waals surface area contributed by atoms with Crippen molar-refractivity contribution in [3.8, 4) is 0 Å². The van der Waals surface area contributed by atoms with E-state index < -0.39 is 5.91 Å². The van der Waals surface area contributed by atoms with Gasteiger partial charge in [-0.2, -0.15) is 5.10 Å². The van der Waals surface area contributed by atoms with E-state index in [1.165, 1.54) is 0 Å². The summed E-state index contributed by atoms with van der Waals surface area (Å²) in [5.41, 5.74) is 5.42. The van der Waals surface area contributed by atoms with Crippen molar-refractivity contribution < 1.29 is 9.59 Å². The second-order valence-electron chi connectivity index (χ2n) is 6.08. The summed E-state index contributed by atoms with van der Waals surface area (Å²) in [4.78, 5) is 25.2. The molecule has 0 spiro atoms. The molecule has 0 aliphatic heterocycles. The SMILES string of the molecule is Cc1cc(Br)cc(C(=O)N/N=C/c2ccccc2)c1NC(=O)c1ccccc1. The van der Waals surface area contributed by atoms with E-state index >= 15 is 0 Å². The van der Waals surface area contributed by atoms with Crippen molar-refractivity contribution in [1.82, 2.24) is 5.43 Å². The summed E-state index contributed by atoms with van der Waals surface area (Å²) in [6, 6.07) is 21.8. The molecule has 0 radical (unpaired) electrons. The van der Waals surface area contributed by atoms with E-state index in [2.05, 4.69) is 31.8 Å². The molecule has 0 atom stereocenters. The molecule has 0 saturated carbocycles. The van der Waals surface area contributed by atoms with Gasteiger partial charge in [0, 0.05) is 10.0 Å². The number of hydrogen-bond acceptors (Lipinski definition) is 3. The van der Waals surface area contributed by atoms with Crippen LogP contribution in [0.4, 0.5) is 5.69 Å². The first-order valence-electron chi connectivity index (χ1n) is 8.59. The van der Waals surface area contributed by atoms with Crippen LogP contribution in [0.25, 0.3) is 0 Å². The Balaban J connectivity index is 1.82. The van der Waals surface area contributed by atoms with Crippen molar-refractivity contribution in [3.63, 3.8) is 0 Å². The van der Waals surface area contributed by atoms with Crippen LogP contribution in [0.1, 0.15) is 31.8 Å². The fourth-order valence-electron chi connectivity index (χ4n) is 2.63. The molecule has 0 unspecified atom stereocenters. The van der Waals surface area contributed by atoms with Gasteiger partial charge in [0.15, 0.2) is 0 Å². The zero-order valence-electron chi connectivity index (χ0n) is 15.1. The Hall–Kier alpha value is -3.25. The molecule has 0 saturated heterocycles. The van der Waals surface area contributed by atoms with Gasteiger partial charge in [-0.05, 0) is 42.3 Å². The van der Waals surface area contributed by atoms with E-state index in [9.17, 15) is 9.59 Å². The van der Waals surface area contributed by atoms with E-state index in [1.54, 1.807) is 36.5 Å². The normalized spacial score (nSPS) is 10.6. The number of rotatable bonds is 5. The summed E-state index contributed by atoms with van der Waals surface area (Å²) in [5.74, 6) is -0.701. The Kier molecular flexibility index (Phi) is 6.34. The lowest BCUT2D eigenvalue weighted by molar-refractivity contribution is 0.0956. The topological polar surface area (TPSA) is 70.6 Å². The summed E-state index contributed by atoms with van der Waals surface area (Å²) >= 11 is 3.40. The highest BCUT2D eigenvalue weighted by molar-refractivity contribution is 9.10. The molecule has 0 fully saturated rings. The van der Waals surface area contributed by atoms with Crippen LogP contribution in [0.15, 0.2) is 82.4 Å². The van der Waals surface area contributed by atoms with Crippen molar-refractivity contribution in [2.24, 2.45) is 5.10 Å². The molecule has 0 aliphatic rings. The van der Waals surface area contributed by atoms with Gasteiger partial charge in [0.1, 0.15) is 0 Å². The number of amides is 2. The van der Waals surface area contributed by atoms with Crippen LogP contribution in [0.2, 0.25) is 0 Å². The molecule has 140 valence electrons. The number of nitrogens with one attached hydrogen (secondary N) is 2. The van der Waals surface area contributed by atoms with Gasteiger partial charge >= 0.3 is 0 Å². The summed E-state index contributed by atoms with van der Waals surface area (Å²) in [5, 5.41) is 6.84. The second-order valence-corrected chi connectivity index (χ2v) is 6.99. The van der Waals surface area contributed by atoms with Gasteiger partial charge < -0.3 is 5.32 Å². The van der Waals surface area contributed by atoms with Crippen LogP contribution in [0, 0.1) is 6.92 Å². The standard InChI is InChI=1S/C22H18BrN3O2/c1-15-12-18(23)13-19(20(15)25-21(27)17-10-6-3-7-11-17)22(28)26-24-14-16-8-4-2-5-9-16/h2-14H,1H3,(H,25,27)(H,26,28)/b24-14+. The van der Waals surface area contributed by atoms with Gasteiger partial charge in [-0.3, -0.25) is 9.59 Å². The predicted octanol–water partition coefficient (Wildman–Crippen LogP) is 4.77. The zero-order valence-corrected chi connectivity index (χ0v) is 16.7. The maximum Gasteiger partial charge on any atom is 0.273 e. The van der Waals surface area contributed by atoms with Crippen molar-refractivity contribution in [2.75, 3.05) is 5.32 Å². The molecule has 0 bridgehead atoms. The highest BCUT2D eigenvalue weighted by Gasteiger charge is 2.17. The molecule has 6 heteroatoms. The summed E-state index contributed by atoms with van der Waals surface area (Å²) in [7, 11) is 0. The fraction of sp³-hybridized carbons (Fsp3) is 0.0455. The second kappa shape index (κ2) is 9.10. The van der Waals surface area contributed by atoms with Crippen LogP contribution in [-0.2, 0) is 0 Å². The number of nitrogens with zero attached hydrogens (tertiary/aromatic N) is 1. The number of aryl methyl sites for hydroxylation is 1. The molecular formula is C22H18BrN3O2. The molecule has 2 amide bonds. The van der Waals surface area contributed by atoms with E-state index in [-0.39, 0.29) is 5.91 Å². The highest BCUT2D eigenvalue weighted by Crippen LogP contribution is 2.26. The maximum atomic E-state index is 12.7. The van der Waals surface area contributed by atoms with E-state index in [0.29, 0.717) is 16.8 Å². The largest absolute Gasteiger partial charge is 0.321 e. The third kappa shape index (κ3) is 4.92. The summed E-state index contributed by atoms with van der Waals surface area (Å²) in [6.45, 7) is 1.83. The lowest BCUT2D eigenvalue weighted by atomic mass is 10.1. The molecular weight excluding hydrogens is 418 g/mol. The molecule has 2 N–H and O–H groups in total. The van der Waals surface area contributed by atoms with Crippen LogP contribution in [0.3, 0.4) is 0 Å². The number of carbonyl (C=O) groups is 2. The predicted molar refractivity (Wildman–Crippen MR) is 115 cm³/mol. The first kappa shape index (κ1) is 19.5. The van der Waals surface area contributed by atoms with Gasteiger partial charge in [0.2, 0.25) is 0 Å². The van der Waals surface area contributed by atoms with Gasteiger partial charge in [-0.25, -0.2) is 5.43 Å². The average molecular weight is 436 g/mol. The lowest BCUT2D eigenvalue weighted by Gasteiger charge is -2.14. The molecule has 3 aromatic carbocycles. The Morgan fingerprint density at radius 1 is 0.929 bits per heavy atom. The third-order valence-corrected chi connectivity index (χ3v) is 4.46. The zero-order chi connectivity index (χ0) is 19.9. The fourth-order valence-corrected chi connectivity index (χ4v) is 3.20. The van der Waals surface area contributed by atoms with E-state index in [1.807, 2.05) is 49.4 Å². The minimum atomic E-state index is -0.417. The third-order valence-electron chi connectivity index (χ3n) is 4.00. The van der Waals surface area contributed by atoms with E-state index in [0.717, 1.165) is 15.6 Å². The highest BCUT2D eigenvalue weighted by atomic mass is 79.9. The molecule has 0 heterocycles. The molecule has 0 aromatic heterocycles. The summed E-state index contributed by atoms with van der Waals surface area (Å²) in [6.07, 6.45) is 1.56. The first-order chi connectivity index (χ1) is 13.5. The minimum absolute atomic E-state index is 0.284. The maximum absolute atomic E-state index is 12.7. The number of hydrogen-bond donors (Lipinski definition) is 2. The monoisotopic (exact) mass is 435 g/mol. The molecule has 3 rings (SSSR count). The minimum Gasteiger partial charge on any atom is -0.321 e. The van der Waals surface area contributed by atoms with Crippen LogP contribution in [0.5, 0.6) is 0 Å². The quantitative estimate of drug-likeness (QED) is 0.447. The smallest absolute Gasteiger partial charge is 0.273 e. The number of halogens is 1. The van der Waals surface area contributed by atoms with Gasteiger partial charge in [-0.15, -0.1) is 0 Å². The number of anilines is 1. The van der Waals surface area contributed by atoms with Crippen molar-refractivity contribution in [3.05, 3.63) is 99.5 Å². The van der Waals surface area contributed by atoms with Gasteiger partial charge in [0.05, 0.1) is 17.5 Å². The Labute approximate surface area is 171 Å². The number of benzene rings is 3. The molecule has 28 heavy (non-hydrogen) atoms. The lowest BCUT2D eigenvalue weighted by Crippen LogP contribution is -2.22. The van der Waals surface area contributed by atoms with E-state index in [4.69, 9.17) is 0 Å². The molecule has 0 aliphatic carbocycles. The molecule has 5 nitrogen and oxygen atoms in total. The first-order valence-corrected chi connectivity index (χ1v) is 9.39. The average Bonchev–Trinajstić information content (AvgIpc) is 2.71. The van der Waals surface area contributed by atoms with Crippen LogP contribution < -0.4 is 10.7 Å². The Morgan fingerprint density at radius 2 is 1.57 bits per heavy atom. The molecule has 3 aromatic rings. The van der Waals surface area contributed by atoms with Crippen molar-refractivity contribution in [1.29, 1.82) is 0 Å². The van der Waals surface area contributed by atoms with Crippen molar-refractivity contribution in [2.45, 2.75) is 6.92 Å². The Morgan fingerprint density at radius 3 is 2.25 bits per heavy atom. The van der Waals surface area contributed by atoms with Gasteiger partial charge in [-0.1, -0.05) is 64.5 Å². The number of carbonyl (C=O) groups excluding carboxylic acids is 2. The summed E-state index contributed by atoms with van der Waals surface area (Å²) < 4.78 is 0.736. The van der Waals surface area contributed by atoms with Crippen molar-refractivity contribution >= 4 is 39.6 Å². The van der Waals surface area contributed by atoms with Crippen LogP contribution in [-0.4, -0.2) is 18.0 Å². The Bertz CT molecular complexity index is 1020.